The van der Waals surface area contributed by atoms with E-state index < -0.39 is 17.5 Å². The summed E-state index contributed by atoms with van der Waals surface area (Å²) in [5.74, 6) is -2.30. The zero-order valence-electron chi connectivity index (χ0n) is 6.27. The van der Waals surface area contributed by atoms with Crippen LogP contribution in [0.3, 0.4) is 0 Å². The van der Waals surface area contributed by atoms with E-state index in [4.69, 9.17) is 0 Å². The van der Waals surface area contributed by atoms with Crippen molar-refractivity contribution in [2.45, 2.75) is 0 Å². The Hall–Kier alpha value is -0.640. The summed E-state index contributed by atoms with van der Waals surface area (Å²) >= 11 is 1.23. The van der Waals surface area contributed by atoms with E-state index >= 15 is 0 Å². The minimum absolute atomic E-state index is 0.0707. The van der Waals surface area contributed by atoms with Gasteiger partial charge in [0.05, 0.1) is 0 Å². The Morgan fingerprint density at radius 1 is 1.17 bits per heavy atom. The highest BCUT2D eigenvalue weighted by atomic mass is 32.2. The van der Waals surface area contributed by atoms with Gasteiger partial charge in [0.25, 0.3) is 0 Å². The summed E-state index contributed by atoms with van der Waals surface area (Å²) in [6, 6.07) is 2.10. The molecule has 0 aliphatic heterocycles. The van der Waals surface area contributed by atoms with Gasteiger partial charge in [0, 0.05) is 11.3 Å². The fourth-order valence-electron chi connectivity index (χ4n) is 0.759. The standard InChI is InChI=1S/C8H6F3S/c1-12-4-5-2-3-6(9)8(11)7(5)10/h2-4H,1H3. The molecule has 0 spiro atoms. The molecular weight excluding hydrogens is 185 g/mol. The SMILES string of the molecule is CS[CH]c1ccc(F)c(F)c1F. The summed E-state index contributed by atoms with van der Waals surface area (Å²) in [5.41, 5.74) is 0.0707. The van der Waals surface area contributed by atoms with Crippen LogP contribution in [0.5, 0.6) is 0 Å². The summed E-state index contributed by atoms with van der Waals surface area (Å²) in [4.78, 5) is 0. The molecule has 0 saturated carbocycles. The van der Waals surface area contributed by atoms with Crippen molar-refractivity contribution >= 4 is 11.8 Å². The second-order valence-corrected chi connectivity index (χ2v) is 2.83. The van der Waals surface area contributed by atoms with E-state index in [1.54, 1.807) is 6.26 Å². The van der Waals surface area contributed by atoms with Crippen LogP contribution in [-0.2, 0) is 0 Å². The molecule has 1 aromatic rings. The first-order valence-electron chi connectivity index (χ1n) is 3.16. The number of benzene rings is 1. The highest BCUT2D eigenvalue weighted by Crippen LogP contribution is 2.19. The molecule has 12 heavy (non-hydrogen) atoms. The Morgan fingerprint density at radius 2 is 1.83 bits per heavy atom. The van der Waals surface area contributed by atoms with Crippen molar-refractivity contribution in [3.63, 3.8) is 0 Å². The zero-order chi connectivity index (χ0) is 9.14. The first-order chi connectivity index (χ1) is 5.66. The van der Waals surface area contributed by atoms with E-state index in [0.717, 1.165) is 6.07 Å². The van der Waals surface area contributed by atoms with Gasteiger partial charge in [0.15, 0.2) is 17.5 Å². The lowest BCUT2D eigenvalue weighted by atomic mass is 10.2. The molecule has 65 valence electrons. The summed E-state index contributed by atoms with van der Waals surface area (Å²) in [6.07, 6.45) is 1.71. The molecule has 0 bridgehead atoms. The van der Waals surface area contributed by atoms with E-state index in [9.17, 15) is 13.2 Å². The fraction of sp³-hybridized carbons (Fsp3) is 0.125. The molecule has 0 N–H and O–H groups in total. The van der Waals surface area contributed by atoms with E-state index in [-0.39, 0.29) is 5.56 Å². The molecule has 0 aliphatic carbocycles. The van der Waals surface area contributed by atoms with Gasteiger partial charge in [-0.1, -0.05) is 6.07 Å². The van der Waals surface area contributed by atoms with E-state index in [0.29, 0.717) is 0 Å². The molecule has 0 heterocycles. The van der Waals surface area contributed by atoms with Crippen LogP contribution < -0.4 is 0 Å². The van der Waals surface area contributed by atoms with Gasteiger partial charge in [-0.15, -0.1) is 0 Å². The Bertz CT molecular complexity index is 286. The molecule has 1 radical (unpaired) electrons. The Labute approximate surface area is 72.8 Å². The van der Waals surface area contributed by atoms with E-state index in [1.807, 2.05) is 0 Å². The van der Waals surface area contributed by atoms with Gasteiger partial charge in [0.2, 0.25) is 0 Å². The normalized spacial score (nSPS) is 10.3. The van der Waals surface area contributed by atoms with Crippen LogP contribution in [0, 0.1) is 23.2 Å². The van der Waals surface area contributed by atoms with Gasteiger partial charge in [-0.05, 0) is 12.3 Å². The van der Waals surface area contributed by atoms with Gasteiger partial charge in [-0.2, -0.15) is 11.8 Å². The maximum atomic E-state index is 12.8. The van der Waals surface area contributed by atoms with Crippen molar-refractivity contribution in [1.82, 2.24) is 0 Å². The molecule has 0 unspecified atom stereocenters. The van der Waals surface area contributed by atoms with Crippen LogP contribution in [0.4, 0.5) is 13.2 Å². The van der Waals surface area contributed by atoms with Crippen LogP contribution >= 0.6 is 11.8 Å². The average Bonchev–Trinajstić information content (AvgIpc) is 2.07. The Morgan fingerprint density at radius 3 is 2.42 bits per heavy atom. The van der Waals surface area contributed by atoms with Crippen LogP contribution in [0.25, 0.3) is 0 Å². The molecule has 1 aromatic carbocycles. The lowest BCUT2D eigenvalue weighted by molar-refractivity contribution is 0.445. The first-order valence-corrected chi connectivity index (χ1v) is 4.45. The van der Waals surface area contributed by atoms with Crippen molar-refractivity contribution in [3.8, 4) is 0 Å². The molecule has 0 aliphatic rings. The lowest BCUT2D eigenvalue weighted by Gasteiger charge is -2.01. The second kappa shape index (κ2) is 3.85. The number of thioether (sulfide) groups is 1. The minimum atomic E-state index is -1.42. The summed E-state index contributed by atoms with van der Waals surface area (Å²) in [6.45, 7) is 0. The van der Waals surface area contributed by atoms with Crippen molar-refractivity contribution < 1.29 is 13.2 Å². The Kier molecular flexibility index (Phi) is 3.03. The van der Waals surface area contributed by atoms with Gasteiger partial charge in [-0.25, -0.2) is 13.2 Å². The third kappa shape index (κ3) is 1.75. The smallest absolute Gasteiger partial charge is 0.194 e. The maximum absolute atomic E-state index is 12.8. The van der Waals surface area contributed by atoms with Gasteiger partial charge in [-0.3, -0.25) is 0 Å². The quantitative estimate of drug-likeness (QED) is 0.647. The van der Waals surface area contributed by atoms with Crippen LogP contribution in [0.2, 0.25) is 0 Å². The lowest BCUT2D eigenvalue weighted by Crippen LogP contribution is -1.94. The first kappa shape index (κ1) is 9.45. The molecule has 0 amide bonds. The van der Waals surface area contributed by atoms with Crippen molar-refractivity contribution in [1.29, 1.82) is 0 Å². The number of hydrogen-bond acceptors (Lipinski definition) is 1. The molecule has 4 heteroatoms. The molecular formula is C8H6F3S. The van der Waals surface area contributed by atoms with Gasteiger partial charge in [0.1, 0.15) is 0 Å². The summed E-state index contributed by atoms with van der Waals surface area (Å²) in [7, 11) is 0. The van der Waals surface area contributed by atoms with Gasteiger partial charge < -0.3 is 0 Å². The van der Waals surface area contributed by atoms with Gasteiger partial charge >= 0.3 is 0 Å². The highest BCUT2D eigenvalue weighted by molar-refractivity contribution is 8.00. The van der Waals surface area contributed by atoms with Crippen LogP contribution in [-0.4, -0.2) is 6.26 Å². The van der Waals surface area contributed by atoms with Crippen LogP contribution in [0.1, 0.15) is 5.56 Å². The van der Waals surface area contributed by atoms with Crippen molar-refractivity contribution in [2.75, 3.05) is 6.26 Å². The van der Waals surface area contributed by atoms with E-state index in [2.05, 4.69) is 0 Å². The fourth-order valence-corrected chi connectivity index (χ4v) is 1.19. The molecule has 0 saturated heterocycles. The molecule has 0 atom stereocenters. The Balaban J connectivity index is 3.08. The van der Waals surface area contributed by atoms with E-state index in [1.165, 1.54) is 23.6 Å². The topological polar surface area (TPSA) is 0 Å². The maximum Gasteiger partial charge on any atom is 0.194 e. The predicted molar refractivity (Wildman–Crippen MR) is 43.2 cm³/mol. The number of halogens is 3. The molecule has 0 fully saturated rings. The summed E-state index contributed by atoms with van der Waals surface area (Å²) < 4.78 is 37.7. The third-order valence-corrected chi connectivity index (χ3v) is 1.80. The predicted octanol–water partition coefficient (Wildman–Crippen LogP) is 2.98. The monoisotopic (exact) mass is 191 g/mol. The summed E-state index contributed by atoms with van der Waals surface area (Å²) in [5, 5.41) is 0. The van der Waals surface area contributed by atoms with Crippen molar-refractivity contribution in [2.24, 2.45) is 0 Å². The third-order valence-electron chi connectivity index (χ3n) is 1.31. The molecule has 0 nitrogen and oxygen atoms in total. The largest absolute Gasteiger partial charge is 0.204 e. The number of rotatable bonds is 2. The molecule has 1 rings (SSSR count). The van der Waals surface area contributed by atoms with Crippen LogP contribution in [0.15, 0.2) is 12.1 Å². The molecule has 0 aromatic heterocycles. The average molecular weight is 191 g/mol. The highest BCUT2D eigenvalue weighted by Gasteiger charge is 2.12. The zero-order valence-corrected chi connectivity index (χ0v) is 7.09. The second-order valence-electron chi connectivity index (χ2n) is 2.12. The minimum Gasteiger partial charge on any atom is -0.204 e. The van der Waals surface area contributed by atoms with Crippen molar-refractivity contribution in [3.05, 3.63) is 40.9 Å². The number of hydrogen-bond donors (Lipinski definition) is 0.